The summed E-state index contributed by atoms with van der Waals surface area (Å²) >= 11 is 3.20. The maximum absolute atomic E-state index is 12.9. The first-order chi connectivity index (χ1) is 20.8. The molecule has 0 radical (unpaired) electrons. The first-order valence-electron chi connectivity index (χ1n) is 12.6. The van der Waals surface area contributed by atoms with Crippen molar-refractivity contribution in [2.45, 2.75) is 13.8 Å². The molecule has 43 heavy (non-hydrogen) atoms. The maximum atomic E-state index is 12.9. The van der Waals surface area contributed by atoms with Crippen LogP contribution in [0.1, 0.15) is 28.2 Å². The van der Waals surface area contributed by atoms with Crippen molar-refractivity contribution >= 4 is 15.9 Å². The van der Waals surface area contributed by atoms with Gasteiger partial charge in [0.05, 0.1) is 12.4 Å². The van der Waals surface area contributed by atoms with Crippen LogP contribution in [0, 0.1) is 49.7 Å². The quantitative estimate of drug-likeness (QED) is 0.170. The molecule has 0 N–H and O–H groups in total. The molecule has 0 aliphatic rings. The number of aryl methyl sites for hydroxylation is 2. The van der Waals surface area contributed by atoms with Crippen LogP contribution in [0.25, 0.3) is 11.6 Å². The molecule has 0 unspecified atom stereocenters. The number of aromatic nitrogens is 8. The van der Waals surface area contributed by atoms with Gasteiger partial charge in [-0.25, -0.2) is 38.1 Å². The van der Waals surface area contributed by atoms with Gasteiger partial charge in [0.2, 0.25) is 0 Å². The lowest BCUT2D eigenvalue weighted by Gasteiger charge is -1.98. The third-order valence-corrected chi connectivity index (χ3v) is 5.90. The Balaban J connectivity index is 0.000000167. The Morgan fingerprint density at radius 1 is 0.674 bits per heavy atom. The summed E-state index contributed by atoms with van der Waals surface area (Å²) in [6.07, 6.45) is 14.6. The van der Waals surface area contributed by atoms with Crippen molar-refractivity contribution in [2.75, 3.05) is 0 Å². The lowest BCUT2D eigenvalue weighted by molar-refractivity contribution is 0.618. The van der Waals surface area contributed by atoms with E-state index in [0.717, 1.165) is 28.1 Å². The van der Waals surface area contributed by atoms with Crippen LogP contribution in [0.4, 0.5) is 8.78 Å². The van der Waals surface area contributed by atoms with Gasteiger partial charge in [-0.2, -0.15) is 10.2 Å². The summed E-state index contributed by atoms with van der Waals surface area (Å²) < 4.78 is 29.5. The van der Waals surface area contributed by atoms with Crippen LogP contribution in [0.5, 0.6) is 0 Å². The van der Waals surface area contributed by atoms with Crippen LogP contribution in [-0.2, 0) is 0 Å². The van der Waals surface area contributed by atoms with Gasteiger partial charge in [0.15, 0.2) is 11.6 Å². The Hall–Kier alpha value is -5.52. The standard InChI is InChI=1S/C16H11FN4.C11H8FN3.C5H4BrN/c1-12-11-21(16-8-5-13(17)10-19-16)20-15(12)7-6-14-4-2-3-9-18-14;1-3-10-8(2)7-15(14-10)11-5-4-9(12)6-13-11;6-5-3-1-2-4-7-5/h2-5,8-11H,1H3;1,4-7H,2H3;1-4H. The Labute approximate surface area is 255 Å². The van der Waals surface area contributed by atoms with E-state index in [1.807, 2.05) is 56.4 Å². The average molecular weight is 637 g/mol. The van der Waals surface area contributed by atoms with E-state index in [0.29, 0.717) is 28.7 Å². The minimum absolute atomic E-state index is 0.375. The highest BCUT2D eigenvalue weighted by atomic mass is 79.9. The molecule has 8 nitrogen and oxygen atoms in total. The molecule has 6 rings (SSSR count). The molecule has 0 aliphatic heterocycles. The summed E-state index contributed by atoms with van der Waals surface area (Å²) in [6.45, 7) is 3.78. The SMILES string of the molecule is Brc1ccccn1.C#Cc1nn(-c2ccc(F)cn2)cc1C.Cc1cn(-c2ccc(F)cn2)nc1C#Cc1ccccn1. The summed E-state index contributed by atoms with van der Waals surface area (Å²) in [6, 6.07) is 17.0. The minimum atomic E-state index is -0.377. The lowest BCUT2D eigenvalue weighted by atomic mass is 10.2. The van der Waals surface area contributed by atoms with E-state index < -0.39 is 0 Å². The largest absolute Gasteiger partial charge is 0.249 e. The van der Waals surface area contributed by atoms with Crippen molar-refractivity contribution in [2.24, 2.45) is 0 Å². The molecule has 0 amide bonds. The highest BCUT2D eigenvalue weighted by molar-refractivity contribution is 9.10. The number of hydrogen-bond acceptors (Lipinski definition) is 6. The van der Waals surface area contributed by atoms with Gasteiger partial charge in [-0.1, -0.05) is 12.1 Å². The molecule has 0 aromatic carbocycles. The van der Waals surface area contributed by atoms with Crippen molar-refractivity contribution in [3.05, 3.63) is 142 Å². The summed E-state index contributed by atoms with van der Waals surface area (Å²) in [4.78, 5) is 15.9. The van der Waals surface area contributed by atoms with E-state index in [9.17, 15) is 8.78 Å². The number of rotatable bonds is 2. The normalized spacial score (nSPS) is 9.77. The number of terminal acetylenes is 1. The van der Waals surface area contributed by atoms with E-state index in [1.165, 1.54) is 16.8 Å². The predicted octanol–water partition coefficient (Wildman–Crippen LogP) is 6.05. The zero-order valence-corrected chi connectivity index (χ0v) is 24.6. The fourth-order valence-electron chi connectivity index (χ4n) is 3.33. The average Bonchev–Trinajstić information content (AvgIpc) is 3.60. The molecule has 0 saturated heterocycles. The van der Waals surface area contributed by atoms with Gasteiger partial charge in [0, 0.05) is 35.9 Å². The first-order valence-corrected chi connectivity index (χ1v) is 13.4. The second-order valence-corrected chi connectivity index (χ2v) is 9.45. The number of nitrogens with zero attached hydrogens (tertiary/aromatic N) is 8. The van der Waals surface area contributed by atoms with E-state index in [1.54, 1.807) is 35.4 Å². The van der Waals surface area contributed by atoms with Crippen molar-refractivity contribution in [1.82, 2.24) is 39.5 Å². The summed E-state index contributed by atoms with van der Waals surface area (Å²) in [7, 11) is 0. The molecule has 212 valence electrons. The van der Waals surface area contributed by atoms with Gasteiger partial charge >= 0.3 is 0 Å². The number of hydrogen-bond donors (Lipinski definition) is 0. The van der Waals surface area contributed by atoms with Gasteiger partial charge in [0.1, 0.15) is 33.3 Å². The second kappa shape index (κ2) is 14.9. The molecular formula is C32H23BrF2N8. The Morgan fingerprint density at radius 3 is 1.65 bits per heavy atom. The van der Waals surface area contributed by atoms with Crippen LogP contribution in [0.3, 0.4) is 0 Å². The molecule has 0 saturated carbocycles. The zero-order chi connectivity index (χ0) is 30.6. The Bertz CT molecular complexity index is 1870. The summed E-state index contributed by atoms with van der Waals surface area (Å²) in [5.41, 5.74) is 3.72. The van der Waals surface area contributed by atoms with Crippen LogP contribution < -0.4 is 0 Å². The minimum Gasteiger partial charge on any atom is -0.249 e. The second-order valence-electron chi connectivity index (χ2n) is 8.64. The van der Waals surface area contributed by atoms with Gasteiger partial charge in [-0.15, -0.1) is 6.42 Å². The third kappa shape index (κ3) is 8.98. The topological polar surface area (TPSA) is 87.2 Å². The summed E-state index contributed by atoms with van der Waals surface area (Å²) in [5.74, 6) is 8.74. The number of pyridine rings is 4. The molecule has 0 fully saturated rings. The first kappa shape index (κ1) is 30.4. The van der Waals surface area contributed by atoms with Crippen LogP contribution in [-0.4, -0.2) is 39.5 Å². The molecule has 6 aromatic rings. The van der Waals surface area contributed by atoms with E-state index in [2.05, 4.69) is 63.8 Å². The van der Waals surface area contributed by atoms with Gasteiger partial charge in [0.25, 0.3) is 0 Å². The molecule has 11 heteroatoms. The van der Waals surface area contributed by atoms with Crippen LogP contribution in [0.15, 0.2) is 102 Å². The van der Waals surface area contributed by atoms with Crippen LogP contribution >= 0.6 is 15.9 Å². The van der Waals surface area contributed by atoms with Gasteiger partial charge in [-0.3, -0.25) is 0 Å². The zero-order valence-electron chi connectivity index (χ0n) is 23.0. The van der Waals surface area contributed by atoms with Crippen molar-refractivity contribution in [1.29, 1.82) is 0 Å². The molecule has 0 spiro atoms. The number of halogens is 3. The van der Waals surface area contributed by atoms with E-state index in [-0.39, 0.29) is 11.6 Å². The highest BCUT2D eigenvalue weighted by Gasteiger charge is 2.06. The Morgan fingerprint density at radius 2 is 1.23 bits per heavy atom. The van der Waals surface area contributed by atoms with E-state index in [4.69, 9.17) is 6.42 Å². The van der Waals surface area contributed by atoms with Gasteiger partial charge < -0.3 is 0 Å². The van der Waals surface area contributed by atoms with E-state index >= 15 is 0 Å². The fraction of sp³-hybridized carbons (Fsp3) is 0.0625. The molecule has 0 bridgehead atoms. The van der Waals surface area contributed by atoms with Crippen molar-refractivity contribution in [3.8, 4) is 35.8 Å². The molecule has 0 aliphatic carbocycles. The third-order valence-electron chi connectivity index (χ3n) is 5.43. The summed E-state index contributed by atoms with van der Waals surface area (Å²) in [5, 5.41) is 8.48. The molecule has 6 aromatic heterocycles. The van der Waals surface area contributed by atoms with Crippen molar-refractivity contribution in [3.63, 3.8) is 0 Å². The Kier molecular flexibility index (Phi) is 10.6. The monoisotopic (exact) mass is 636 g/mol. The fourth-order valence-corrected chi connectivity index (χ4v) is 3.60. The predicted molar refractivity (Wildman–Crippen MR) is 162 cm³/mol. The highest BCUT2D eigenvalue weighted by Crippen LogP contribution is 2.11. The molecule has 6 heterocycles. The van der Waals surface area contributed by atoms with Gasteiger partial charge in [-0.05, 0) is 96.1 Å². The van der Waals surface area contributed by atoms with Crippen molar-refractivity contribution < 1.29 is 8.78 Å². The van der Waals surface area contributed by atoms with Crippen LogP contribution in [0.2, 0.25) is 0 Å². The maximum Gasteiger partial charge on any atom is 0.153 e. The smallest absolute Gasteiger partial charge is 0.153 e. The molecular weight excluding hydrogens is 614 g/mol. The molecule has 0 atom stereocenters. The lowest BCUT2D eigenvalue weighted by Crippen LogP contribution is -1.98.